The summed E-state index contributed by atoms with van der Waals surface area (Å²) in [7, 11) is 1.31. The summed E-state index contributed by atoms with van der Waals surface area (Å²) in [5, 5.41) is 12.1. The monoisotopic (exact) mass is 426 g/mol. The summed E-state index contributed by atoms with van der Waals surface area (Å²) in [6.07, 6.45) is 0.575. The first-order valence-corrected chi connectivity index (χ1v) is 10.9. The summed E-state index contributed by atoms with van der Waals surface area (Å²) < 4.78 is -1.09. The molecule has 6 nitrogen and oxygen atoms in total. The predicted octanol–water partition coefficient (Wildman–Crippen LogP) is 5.46. The molecule has 0 heterocycles. The van der Waals surface area contributed by atoms with Gasteiger partial charge in [0.05, 0.1) is 0 Å². The number of carbonyl (C=O) groups is 2. The predicted molar refractivity (Wildman–Crippen MR) is 123 cm³/mol. The van der Waals surface area contributed by atoms with Gasteiger partial charge in [0.15, 0.2) is 5.69 Å². The zero-order valence-electron chi connectivity index (χ0n) is 19.5. The van der Waals surface area contributed by atoms with Crippen molar-refractivity contribution in [2.45, 2.75) is 59.8 Å². The van der Waals surface area contributed by atoms with Crippen LogP contribution in [0.4, 0.5) is 21.0 Å². The molecular weight excluding hydrogens is 392 g/mol. The Morgan fingerprint density at radius 2 is 1.77 bits per heavy atom. The molecule has 0 aliphatic rings. The minimum atomic E-state index is -1.52. The second-order valence-electron chi connectivity index (χ2n) is 8.25. The fraction of sp³-hybridized carbons (Fsp3) is 0.440. The molecule has 0 fully saturated rings. The highest BCUT2D eigenvalue weighted by atomic mass is 16.8. The number of rotatable bonds is 7. The number of hydrogen-bond acceptors (Lipinski definition) is 4. The van der Waals surface area contributed by atoms with Crippen LogP contribution in [-0.4, -0.2) is 25.8 Å². The van der Waals surface area contributed by atoms with Crippen LogP contribution >= 0.6 is 0 Å². The van der Waals surface area contributed by atoms with Crippen molar-refractivity contribution in [2.24, 2.45) is 0 Å². The van der Waals surface area contributed by atoms with Crippen LogP contribution in [0.15, 0.2) is 42.5 Å². The van der Waals surface area contributed by atoms with Gasteiger partial charge in [-0.05, 0) is 61.4 Å². The third kappa shape index (κ3) is 5.64. The van der Waals surface area contributed by atoms with Gasteiger partial charge in [0.2, 0.25) is 0 Å². The molecule has 0 radical (unpaired) electrons. The van der Waals surface area contributed by atoms with Crippen molar-refractivity contribution < 1.29 is 19.5 Å². The van der Waals surface area contributed by atoms with Gasteiger partial charge in [-0.25, -0.2) is 9.63 Å². The number of nitrogens with zero attached hydrogens (tertiary/aromatic N) is 2. The van der Waals surface area contributed by atoms with Crippen molar-refractivity contribution in [2.75, 3.05) is 18.5 Å². The Morgan fingerprint density at radius 1 is 1.06 bits per heavy atom. The molecule has 2 atom stereocenters. The SMILES string of the molecule is CCCC(C)c1cccc(N(CCC)C(=O)O[N+](C)(C(=O)[O-])c2ccc(C)c(C)c2)c1. The standard InChI is InChI=1S/C25H34N2O4/c1-7-10-19(4)21-11-9-12-22(17-21)26(15-8-2)24(28)31-27(6,25(29)30)23-14-13-18(3)20(5)16-23/h9,11-14,16-17,19H,7-8,10,15H2,1-6H3. The number of benzene rings is 2. The van der Waals surface area contributed by atoms with Gasteiger partial charge in [0.1, 0.15) is 7.05 Å². The van der Waals surface area contributed by atoms with E-state index in [1.54, 1.807) is 18.2 Å². The van der Waals surface area contributed by atoms with E-state index in [0.717, 1.165) is 29.5 Å². The van der Waals surface area contributed by atoms with Crippen LogP contribution in [0.1, 0.15) is 62.6 Å². The molecule has 0 aliphatic heterocycles. The van der Waals surface area contributed by atoms with Crippen LogP contribution < -0.4 is 14.7 Å². The Labute approximate surface area is 185 Å². The highest BCUT2D eigenvalue weighted by molar-refractivity contribution is 5.90. The van der Waals surface area contributed by atoms with Crippen molar-refractivity contribution in [1.82, 2.24) is 4.65 Å². The second kappa shape index (κ2) is 10.4. The molecule has 2 unspecified atom stereocenters. The lowest BCUT2D eigenvalue weighted by atomic mass is 9.96. The number of amides is 2. The van der Waals surface area contributed by atoms with E-state index in [-0.39, 0.29) is 0 Å². The quantitative estimate of drug-likeness (QED) is 0.436. The molecule has 2 amide bonds. The maximum Gasteiger partial charge on any atom is 0.470 e. The number of quaternary nitrogens is 1. The molecule has 2 aromatic carbocycles. The summed E-state index contributed by atoms with van der Waals surface area (Å²) >= 11 is 0. The molecule has 2 aromatic rings. The lowest BCUT2D eigenvalue weighted by Crippen LogP contribution is -2.59. The molecule has 0 saturated carbocycles. The van der Waals surface area contributed by atoms with Crippen molar-refractivity contribution in [3.8, 4) is 0 Å². The minimum absolute atomic E-state index is 0.318. The summed E-state index contributed by atoms with van der Waals surface area (Å²) in [5.74, 6) is 0.365. The zero-order valence-corrected chi connectivity index (χ0v) is 19.5. The van der Waals surface area contributed by atoms with Gasteiger partial charge in [0.25, 0.3) is 0 Å². The first kappa shape index (κ1) is 24.4. The average Bonchev–Trinajstić information content (AvgIpc) is 2.73. The average molecular weight is 427 g/mol. The van der Waals surface area contributed by atoms with E-state index in [0.29, 0.717) is 30.3 Å². The summed E-state index contributed by atoms with van der Waals surface area (Å²) in [6.45, 7) is 10.5. The highest BCUT2D eigenvalue weighted by Gasteiger charge is 2.37. The smallest absolute Gasteiger partial charge is 0.470 e. The summed E-state index contributed by atoms with van der Waals surface area (Å²) in [6, 6.07) is 13.0. The third-order valence-corrected chi connectivity index (χ3v) is 5.73. The Balaban J connectivity index is 2.38. The van der Waals surface area contributed by atoms with E-state index in [2.05, 4.69) is 19.9 Å². The molecule has 2 rings (SSSR count). The first-order valence-electron chi connectivity index (χ1n) is 10.9. The van der Waals surface area contributed by atoms with Gasteiger partial charge in [-0.3, -0.25) is 4.90 Å². The number of anilines is 1. The molecule has 0 aliphatic carbocycles. The van der Waals surface area contributed by atoms with Gasteiger partial charge in [-0.2, -0.15) is 0 Å². The van der Waals surface area contributed by atoms with E-state index in [1.165, 1.54) is 11.9 Å². The Morgan fingerprint density at radius 3 is 2.35 bits per heavy atom. The molecule has 0 spiro atoms. The minimum Gasteiger partial charge on any atom is -0.495 e. The van der Waals surface area contributed by atoms with Crippen LogP contribution in [0.5, 0.6) is 0 Å². The largest absolute Gasteiger partial charge is 0.495 e. The van der Waals surface area contributed by atoms with Crippen LogP contribution in [0.2, 0.25) is 0 Å². The van der Waals surface area contributed by atoms with Crippen molar-refractivity contribution >= 4 is 23.6 Å². The van der Waals surface area contributed by atoms with Crippen LogP contribution in [0, 0.1) is 13.8 Å². The molecule has 0 saturated heterocycles. The van der Waals surface area contributed by atoms with Crippen LogP contribution in [-0.2, 0) is 4.84 Å². The maximum absolute atomic E-state index is 13.2. The number of carboxylic acid groups (broad SMARTS) is 1. The molecular formula is C25H34N2O4. The van der Waals surface area contributed by atoms with Crippen LogP contribution in [0.3, 0.4) is 0 Å². The van der Waals surface area contributed by atoms with Gasteiger partial charge in [-0.15, -0.1) is 0 Å². The fourth-order valence-corrected chi connectivity index (χ4v) is 3.54. The Hall–Kier alpha value is -2.86. The van der Waals surface area contributed by atoms with E-state index in [4.69, 9.17) is 4.84 Å². The van der Waals surface area contributed by atoms with E-state index in [1.807, 2.05) is 39.0 Å². The third-order valence-electron chi connectivity index (χ3n) is 5.73. The van der Waals surface area contributed by atoms with Crippen molar-refractivity contribution in [1.29, 1.82) is 0 Å². The van der Waals surface area contributed by atoms with Gasteiger partial charge in [0, 0.05) is 24.4 Å². The lowest BCUT2D eigenvalue weighted by molar-refractivity contribution is -0.285. The molecule has 168 valence electrons. The lowest BCUT2D eigenvalue weighted by Gasteiger charge is -2.32. The second-order valence-corrected chi connectivity index (χ2v) is 8.25. The van der Waals surface area contributed by atoms with Crippen molar-refractivity contribution in [3.05, 3.63) is 59.2 Å². The topological polar surface area (TPSA) is 69.7 Å². The summed E-state index contributed by atoms with van der Waals surface area (Å²) in [4.78, 5) is 32.3. The van der Waals surface area contributed by atoms with Crippen LogP contribution in [0.25, 0.3) is 0 Å². The van der Waals surface area contributed by atoms with E-state index < -0.39 is 16.8 Å². The summed E-state index contributed by atoms with van der Waals surface area (Å²) in [5.41, 5.74) is 4.07. The van der Waals surface area contributed by atoms with Gasteiger partial charge in [-0.1, -0.05) is 50.0 Å². The normalized spacial score (nSPS) is 13.9. The number of carbonyl (C=O) groups excluding carboxylic acids is 2. The Bertz CT molecular complexity index is 927. The van der Waals surface area contributed by atoms with E-state index in [9.17, 15) is 14.7 Å². The molecule has 0 aromatic heterocycles. The number of hydroxylamine groups is 2. The van der Waals surface area contributed by atoms with Gasteiger partial charge < -0.3 is 9.90 Å². The van der Waals surface area contributed by atoms with Crippen molar-refractivity contribution in [3.63, 3.8) is 0 Å². The van der Waals surface area contributed by atoms with Gasteiger partial charge >= 0.3 is 12.2 Å². The molecule has 0 bridgehead atoms. The fourth-order valence-electron chi connectivity index (χ4n) is 3.54. The Kier molecular flexibility index (Phi) is 8.22. The zero-order chi connectivity index (χ0) is 23.2. The van der Waals surface area contributed by atoms with E-state index >= 15 is 0 Å². The number of aryl methyl sites for hydroxylation is 2. The first-order chi connectivity index (χ1) is 14.6. The molecule has 31 heavy (non-hydrogen) atoms. The maximum atomic E-state index is 13.2. The molecule has 6 heteroatoms. The number of hydrogen-bond donors (Lipinski definition) is 0. The molecule has 0 N–H and O–H groups in total. The highest BCUT2D eigenvalue weighted by Crippen LogP contribution is 2.28.